The van der Waals surface area contributed by atoms with Gasteiger partial charge >= 0.3 is 0 Å². The molecule has 1 atom stereocenters. The molecule has 90 valence electrons. The molecule has 0 heterocycles. The lowest BCUT2D eigenvalue weighted by Gasteiger charge is -2.12. The average molecular weight is 331 g/mol. The number of halogens is 1. The smallest absolute Gasteiger partial charge is 0.0130 e. The van der Waals surface area contributed by atoms with E-state index in [1.165, 1.54) is 28.4 Å². The Bertz CT molecular complexity index is 281. The summed E-state index contributed by atoms with van der Waals surface area (Å²) in [6.45, 7) is 6.84. The number of nitrogens with one attached hydrogen (secondary N) is 1. The maximum Gasteiger partial charge on any atom is 0.0130 e. The predicted octanol–water partition coefficient (Wildman–Crippen LogP) is 3.86. The molecule has 0 amide bonds. The van der Waals surface area contributed by atoms with Gasteiger partial charge in [0.05, 0.1) is 0 Å². The van der Waals surface area contributed by atoms with Crippen molar-refractivity contribution in [3.63, 3.8) is 0 Å². The van der Waals surface area contributed by atoms with Crippen molar-refractivity contribution in [1.82, 2.24) is 5.32 Å². The third-order valence-electron chi connectivity index (χ3n) is 2.76. The van der Waals surface area contributed by atoms with Crippen LogP contribution in [0.5, 0.6) is 0 Å². The van der Waals surface area contributed by atoms with Gasteiger partial charge < -0.3 is 5.32 Å². The average Bonchev–Trinajstić information content (AvgIpc) is 2.29. The van der Waals surface area contributed by atoms with E-state index in [1.54, 1.807) is 0 Å². The molecule has 0 saturated heterocycles. The fraction of sp³-hybridized carbons (Fsp3) is 0.571. The quantitative estimate of drug-likeness (QED) is 0.591. The molecule has 1 unspecified atom stereocenters. The van der Waals surface area contributed by atoms with Crippen LogP contribution >= 0.6 is 22.6 Å². The van der Waals surface area contributed by atoms with Gasteiger partial charge in [-0.1, -0.05) is 26.0 Å². The summed E-state index contributed by atoms with van der Waals surface area (Å²) < 4.78 is 1.32. The first-order valence-corrected chi connectivity index (χ1v) is 7.25. The number of aryl methyl sites for hydroxylation is 1. The second kappa shape index (κ2) is 8.07. The van der Waals surface area contributed by atoms with Gasteiger partial charge in [0.25, 0.3) is 0 Å². The summed E-state index contributed by atoms with van der Waals surface area (Å²) in [5.74, 6) is 0.769. The van der Waals surface area contributed by atoms with Gasteiger partial charge in [-0.15, -0.1) is 0 Å². The summed E-state index contributed by atoms with van der Waals surface area (Å²) in [5, 5.41) is 3.48. The molecule has 0 bridgehead atoms. The SMILES string of the molecule is CCCNCC(C)CCc1ccc(I)cc1. The van der Waals surface area contributed by atoms with E-state index in [0.717, 1.165) is 19.0 Å². The van der Waals surface area contributed by atoms with Gasteiger partial charge in [-0.05, 0) is 78.6 Å². The van der Waals surface area contributed by atoms with Crippen LogP contribution in [-0.2, 0) is 6.42 Å². The highest BCUT2D eigenvalue weighted by Crippen LogP contribution is 2.11. The minimum Gasteiger partial charge on any atom is -0.316 e. The molecule has 1 nitrogen and oxygen atoms in total. The monoisotopic (exact) mass is 331 g/mol. The van der Waals surface area contributed by atoms with Crippen LogP contribution in [0, 0.1) is 9.49 Å². The minimum atomic E-state index is 0.769. The maximum absolute atomic E-state index is 3.48. The second-order valence-corrected chi connectivity index (χ2v) is 5.72. The molecule has 1 aromatic rings. The fourth-order valence-corrected chi connectivity index (χ4v) is 2.05. The van der Waals surface area contributed by atoms with E-state index in [0.29, 0.717) is 0 Å². The highest BCUT2D eigenvalue weighted by molar-refractivity contribution is 14.1. The molecule has 0 aliphatic heterocycles. The zero-order valence-electron chi connectivity index (χ0n) is 10.3. The van der Waals surface area contributed by atoms with Gasteiger partial charge in [0.1, 0.15) is 0 Å². The van der Waals surface area contributed by atoms with Crippen LogP contribution in [-0.4, -0.2) is 13.1 Å². The molecule has 1 aromatic carbocycles. The second-order valence-electron chi connectivity index (χ2n) is 4.47. The van der Waals surface area contributed by atoms with E-state index in [2.05, 4.69) is 66.0 Å². The van der Waals surface area contributed by atoms with E-state index < -0.39 is 0 Å². The van der Waals surface area contributed by atoms with E-state index >= 15 is 0 Å². The standard InChI is InChI=1S/C14H22IN/c1-3-10-16-11-12(2)4-5-13-6-8-14(15)9-7-13/h6-9,12,16H,3-5,10-11H2,1-2H3. The summed E-state index contributed by atoms with van der Waals surface area (Å²) in [4.78, 5) is 0. The van der Waals surface area contributed by atoms with E-state index in [-0.39, 0.29) is 0 Å². The maximum atomic E-state index is 3.48. The van der Waals surface area contributed by atoms with Crippen LogP contribution in [0.25, 0.3) is 0 Å². The van der Waals surface area contributed by atoms with Crippen LogP contribution < -0.4 is 5.32 Å². The third kappa shape index (κ3) is 5.85. The predicted molar refractivity (Wildman–Crippen MR) is 79.8 cm³/mol. The zero-order chi connectivity index (χ0) is 11.8. The van der Waals surface area contributed by atoms with Gasteiger partial charge in [0.15, 0.2) is 0 Å². The number of benzene rings is 1. The summed E-state index contributed by atoms with van der Waals surface area (Å²) in [6, 6.07) is 8.87. The Morgan fingerprint density at radius 1 is 1.25 bits per heavy atom. The molecular formula is C14H22IN. The topological polar surface area (TPSA) is 12.0 Å². The molecule has 0 spiro atoms. The molecular weight excluding hydrogens is 309 g/mol. The summed E-state index contributed by atoms with van der Waals surface area (Å²) in [7, 11) is 0. The van der Waals surface area contributed by atoms with E-state index in [9.17, 15) is 0 Å². The van der Waals surface area contributed by atoms with Crippen LogP contribution in [0.15, 0.2) is 24.3 Å². The Morgan fingerprint density at radius 2 is 1.94 bits per heavy atom. The van der Waals surface area contributed by atoms with E-state index in [1.807, 2.05) is 0 Å². The highest BCUT2D eigenvalue weighted by Gasteiger charge is 2.02. The lowest BCUT2D eigenvalue weighted by Crippen LogP contribution is -2.22. The molecule has 0 aliphatic carbocycles. The lowest BCUT2D eigenvalue weighted by molar-refractivity contribution is 0.481. The van der Waals surface area contributed by atoms with E-state index in [4.69, 9.17) is 0 Å². The van der Waals surface area contributed by atoms with Crippen molar-refractivity contribution in [1.29, 1.82) is 0 Å². The molecule has 1 N–H and O–H groups in total. The number of hydrogen-bond donors (Lipinski definition) is 1. The van der Waals surface area contributed by atoms with Crippen molar-refractivity contribution < 1.29 is 0 Å². The Labute approximate surface area is 113 Å². The molecule has 1 rings (SSSR count). The van der Waals surface area contributed by atoms with Crippen molar-refractivity contribution in [2.24, 2.45) is 5.92 Å². The van der Waals surface area contributed by atoms with Gasteiger partial charge in [0, 0.05) is 3.57 Å². The van der Waals surface area contributed by atoms with Gasteiger partial charge in [-0.3, -0.25) is 0 Å². The van der Waals surface area contributed by atoms with Gasteiger partial charge in [-0.25, -0.2) is 0 Å². The minimum absolute atomic E-state index is 0.769. The molecule has 2 heteroatoms. The third-order valence-corrected chi connectivity index (χ3v) is 3.48. The van der Waals surface area contributed by atoms with Gasteiger partial charge in [-0.2, -0.15) is 0 Å². The summed E-state index contributed by atoms with van der Waals surface area (Å²) >= 11 is 2.35. The Kier molecular flexibility index (Phi) is 7.05. The van der Waals surface area contributed by atoms with Crippen LogP contribution in [0.4, 0.5) is 0 Å². The van der Waals surface area contributed by atoms with Crippen LogP contribution in [0.3, 0.4) is 0 Å². The fourth-order valence-electron chi connectivity index (χ4n) is 1.69. The van der Waals surface area contributed by atoms with Crippen molar-refractivity contribution in [3.8, 4) is 0 Å². The molecule has 0 aromatic heterocycles. The first-order valence-electron chi connectivity index (χ1n) is 6.17. The van der Waals surface area contributed by atoms with Crippen molar-refractivity contribution in [2.75, 3.05) is 13.1 Å². The molecule has 0 fully saturated rings. The highest BCUT2D eigenvalue weighted by atomic mass is 127. The van der Waals surface area contributed by atoms with Crippen molar-refractivity contribution in [2.45, 2.75) is 33.1 Å². The summed E-state index contributed by atoms with van der Waals surface area (Å²) in [6.07, 6.45) is 3.70. The lowest BCUT2D eigenvalue weighted by atomic mass is 10.0. The van der Waals surface area contributed by atoms with Crippen molar-refractivity contribution >= 4 is 22.6 Å². The molecule has 0 radical (unpaired) electrons. The molecule has 0 saturated carbocycles. The molecule has 16 heavy (non-hydrogen) atoms. The summed E-state index contributed by atoms with van der Waals surface area (Å²) in [5.41, 5.74) is 1.46. The largest absolute Gasteiger partial charge is 0.316 e. The normalized spacial score (nSPS) is 12.7. The van der Waals surface area contributed by atoms with Crippen molar-refractivity contribution in [3.05, 3.63) is 33.4 Å². The first kappa shape index (κ1) is 14.0. The Hall–Kier alpha value is -0.0900. The first-order chi connectivity index (χ1) is 7.72. The Morgan fingerprint density at radius 3 is 2.56 bits per heavy atom. The Balaban J connectivity index is 2.20. The van der Waals surface area contributed by atoms with Crippen LogP contribution in [0.1, 0.15) is 32.3 Å². The molecule has 0 aliphatic rings. The number of hydrogen-bond acceptors (Lipinski definition) is 1. The number of rotatable bonds is 7. The van der Waals surface area contributed by atoms with Crippen LogP contribution in [0.2, 0.25) is 0 Å². The zero-order valence-corrected chi connectivity index (χ0v) is 12.5. The van der Waals surface area contributed by atoms with Gasteiger partial charge in [0.2, 0.25) is 0 Å².